The summed E-state index contributed by atoms with van der Waals surface area (Å²) in [5, 5.41) is 19.3. The van der Waals surface area contributed by atoms with Gasteiger partial charge in [-0.05, 0) is 49.7 Å². The third-order valence-corrected chi connectivity index (χ3v) is 8.05. The van der Waals surface area contributed by atoms with Crippen LogP contribution in [0, 0.1) is 0 Å². The number of pyridine rings is 1. The van der Waals surface area contributed by atoms with Crippen LogP contribution in [-0.4, -0.2) is 93.6 Å². The smallest absolute Gasteiger partial charge is 0.251 e. The molecule has 0 radical (unpaired) electrons. The number of nitrogens with zero attached hydrogens (tertiary/aromatic N) is 6. The van der Waals surface area contributed by atoms with Gasteiger partial charge in [0, 0.05) is 37.4 Å². The predicted molar refractivity (Wildman–Crippen MR) is 153 cm³/mol. The summed E-state index contributed by atoms with van der Waals surface area (Å²) in [5.41, 5.74) is 3.41. The number of hydrogen-bond donors (Lipinski definition) is 2. The lowest BCUT2D eigenvalue weighted by Gasteiger charge is -2.33. The first kappa shape index (κ1) is 27.2. The highest BCUT2D eigenvalue weighted by atomic mass is 32.1. The van der Waals surface area contributed by atoms with Crippen molar-refractivity contribution < 1.29 is 14.6 Å². The molecular weight excluding hydrogens is 514 g/mol. The van der Waals surface area contributed by atoms with Crippen molar-refractivity contribution in [3.05, 3.63) is 53.7 Å². The molecule has 0 aliphatic carbocycles. The van der Waals surface area contributed by atoms with Gasteiger partial charge in [-0.1, -0.05) is 19.9 Å². The number of likely N-dealkylation sites (N-methyl/N-ethyl adjacent to an activating group) is 1. The van der Waals surface area contributed by atoms with Crippen molar-refractivity contribution in [3.63, 3.8) is 0 Å². The molecule has 4 aromatic heterocycles. The first-order valence-electron chi connectivity index (χ1n) is 13.4. The minimum Gasteiger partial charge on any atom is -0.394 e. The van der Waals surface area contributed by atoms with E-state index in [9.17, 15) is 9.90 Å². The van der Waals surface area contributed by atoms with Crippen molar-refractivity contribution in [2.75, 3.05) is 50.8 Å². The van der Waals surface area contributed by atoms with E-state index < -0.39 is 0 Å². The maximum atomic E-state index is 13.4. The van der Waals surface area contributed by atoms with Gasteiger partial charge in [0.05, 0.1) is 47.3 Å². The molecule has 1 amide bonds. The third kappa shape index (κ3) is 5.96. The number of fused-ring (bicyclic) bond motifs is 1. The largest absolute Gasteiger partial charge is 0.394 e. The van der Waals surface area contributed by atoms with Crippen molar-refractivity contribution in [1.82, 2.24) is 29.8 Å². The van der Waals surface area contributed by atoms with Crippen LogP contribution < -0.4 is 10.2 Å². The van der Waals surface area contributed by atoms with Crippen LogP contribution in [0.5, 0.6) is 0 Å². The molecule has 0 spiro atoms. The zero-order valence-electron chi connectivity index (χ0n) is 22.6. The van der Waals surface area contributed by atoms with Gasteiger partial charge in [-0.2, -0.15) is 5.10 Å². The molecular formula is C28H35N7O3S. The molecule has 1 aliphatic heterocycles. The maximum absolute atomic E-state index is 13.4. The summed E-state index contributed by atoms with van der Waals surface area (Å²) in [7, 11) is 0. The molecule has 206 valence electrons. The predicted octanol–water partition coefficient (Wildman–Crippen LogP) is 3.18. The van der Waals surface area contributed by atoms with Gasteiger partial charge in [0.15, 0.2) is 5.65 Å². The Bertz CT molecular complexity index is 1400. The van der Waals surface area contributed by atoms with E-state index in [-0.39, 0.29) is 24.7 Å². The van der Waals surface area contributed by atoms with Crippen molar-refractivity contribution in [2.24, 2.45) is 0 Å². The Kier molecular flexibility index (Phi) is 8.51. The first-order chi connectivity index (χ1) is 19.0. The molecule has 1 aliphatic rings. The van der Waals surface area contributed by atoms with E-state index >= 15 is 0 Å². The minimum atomic E-state index is -0.302. The van der Waals surface area contributed by atoms with Crippen molar-refractivity contribution in [1.29, 1.82) is 0 Å². The lowest BCUT2D eigenvalue weighted by Crippen LogP contribution is -2.44. The Labute approximate surface area is 232 Å². The maximum Gasteiger partial charge on any atom is 0.251 e. The molecule has 0 saturated carbocycles. The number of aliphatic hydroxyl groups is 1. The highest BCUT2D eigenvalue weighted by Crippen LogP contribution is 2.29. The van der Waals surface area contributed by atoms with E-state index in [0.29, 0.717) is 49.0 Å². The van der Waals surface area contributed by atoms with E-state index in [1.165, 1.54) is 0 Å². The summed E-state index contributed by atoms with van der Waals surface area (Å²) >= 11 is 1.63. The molecule has 1 unspecified atom stereocenters. The Morgan fingerprint density at radius 2 is 2.10 bits per heavy atom. The SMILES string of the molecule is CCN(CC)C(C)CNC(=O)c1cc(-c2cnn3ccc(-c4cccs4)nc23)nc(N2CCO[C@H](CO)C2)c1. The number of morpholine rings is 1. The average molecular weight is 550 g/mol. The second-order valence-corrected chi connectivity index (χ2v) is 10.6. The van der Waals surface area contributed by atoms with Gasteiger partial charge >= 0.3 is 0 Å². The minimum absolute atomic E-state index is 0.0732. The number of amides is 1. The van der Waals surface area contributed by atoms with Crippen LogP contribution >= 0.6 is 11.3 Å². The standard InChI is InChI=1S/C28H35N7O3S/c1-4-33(5-2)19(3)15-29-28(37)20-13-24(31-26(14-20)34-10-11-38-21(17-34)18-36)22-16-30-35-9-8-23(32-27(22)35)25-7-6-12-39-25/h6-9,12-14,16,19,21,36H,4-5,10-11,15,17-18H2,1-3H3,(H,29,37)/t19?,21-/m0/s1. The highest BCUT2D eigenvalue weighted by molar-refractivity contribution is 7.13. The second-order valence-electron chi connectivity index (χ2n) is 9.62. The van der Waals surface area contributed by atoms with Crippen LogP contribution in [0.15, 0.2) is 48.1 Å². The fourth-order valence-corrected chi connectivity index (χ4v) is 5.61. The van der Waals surface area contributed by atoms with Gasteiger partial charge in [0.2, 0.25) is 0 Å². The van der Waals surface area contributed by atoms with Gasteiger partial charge in [0.1, 0.15) is 5.82 Å². The van der Waals surface area contributed by atoms with Crippen LogP contribution in [-0.2, 0) is 4.74 Å². The van der Waals surface area contributed by atoms with Gasteiger partial charge < -0.3 is 20.1 Å². The fourth-order valence-electron chi connectivity index (χ4n) is 4.91. The number of aliphatic hydroxyl groups excluding tert-OH is 1. The van der Waals surface area contributed by atoms with E-state index in [0.717, 1.165) is 29.2 Å². The zero-order valence-corrected chi connectivity index (χ0v) is 23.4. The van der Waals surface area contributed by atoms with Crippen molar-refractivity contribution in [3.8, 4) is 21.8 Å². The molecule has 1 fully saturated rings. The molecule has 10 nitrogen and oxygen atoms in total. The monoisotopic (exact) mass is 549 g/mol. The number of carbonyl (C=O) groups is 1. The van der Waals surface area contributed by atoms with Gasteiger partial charge in [-0.15, -0.1) is 11.3 Å². The number of carbonyl (C=O) groups excluding carboxylic acids is 1. The number of anilines is 1. The number of rotatable bonds is 10. The quantitative estimate of drug-likeness (QED) is 0.311. The molecule has 0 aromatic carbocycles. The Morgan fingerprint density at radius 1 is 1.26 bits per heavy atom. The third-order valence-electron chi connectivity index (χ3n) is 7.15. The lowest BCUT2D eigenvalue weighted by atomic mass is 10.1. The van der Waals surface area contributed by atoms with E-state index in [2.05, 4.69) is 41.0 Å². The van der Waals surface area contributed by atoms with Gasteiger partial charge in [-0.25, -0.2) is 14.5 Å². The highest BCUT2D eigenvalue weighted by Gasteiger charge is 2.24. The molecule has 1 saturated heterocycles. The van der Waals surface area contributed by atoms with Crippen LogP contribution in [0.2, 0.25) is 0 Å². The summed E-state index contributed by atoms with van der Waals surface area (Å²) in [6.45, 7) is 10.3. The Hall–Kier alpha value is -3.38. The molecule has 2 atom stereocenters. The fraction of sp³-hybridized carbons (Fsp3) is 0.429. The van der Waals surface area contributed by atoms with Crippen LogP contribution in [0.1, 0.15) is 31.1 Å². The average Bonchev–Trinajstić information content (AvgIpc) is 3.66. The summed E-state index contributed by atoms with van der Waals surface area (Å²) in [6.07, 6.45) is 3.33. The van der Waals surface area contributed by atoms with Crippen molar-refractivity contribution >= 4 is 28.7 Å². The van der Waals surface area contributed by atoms with Crippen LogP contribution in [0.25, 0.3) is 27.5 Å². The molecule has 5 rings (SSSR count). The molecule has 4 aromatic rings. The normalized spacial score (nSPS) is 16.6. The molecule has 5 heterocycles. The zero-order chi connectivity index (χ0) is 27.4. The summed E-state index contributed by atoms with van der Waals surface area (Å²) in [6, 6.07) is 9.82. The number of hydrogen-bond acceptors (Lipinski definition) is 9. The molecule has 39 heavy (non-hydrogen) atoms. The van der Waals surface area contributed by atoms with E-state index in [1.807, 2.05) is 35.8 Å². The second kappa shape index (κ2) is 12.2. The summed E-state index contributed by atoms with van der Waals surface area (Å²) in [4.78, 5) is 28.7. The molecule has 11 heteroatoms. The van der Waals surface area contributed by atoms with Crippen LogP contribution in [0.4, 0.5) is 5.82 Å². The molecule has 2 N–H and O–H groups in total. The number of aromatic nitrogens is 4. The number of thiophene rings is 1. The summed E-state index contributed by atoms with van der Waals surface area (Å²) in [5.74, 6) is 0.500. The summed E-state index contributed by atoms with van der Waals surface area (Å²) < 4.78 is 7.37. The van der Waals surface area contributed by atoms with E-state index in [1.54, 1.807) is 28.1 Å². The Morgan fingerprint density at radius 3 is 2.85 bits per heavy atom. The number of ether oxygens (including phenoxy) is 1. The Balaban J connectivity index is 1.52. The lowest BCUT2D eigenvalue weighted by molar-refractivity contribution is 0.00336. The first-order valence-corrected chi connectivity index (χ1v) is 14.3. The topological polar surface area (TPSA) is 108 Å². The van der Waals surface area contributed by atoms with Gasteiger partial charge in [0.25, 0.3) is 5.91 Å². The van der Waals surface area contributed by atoms with Crippen LogP contribution in [0.3, 0.4) is 0 Å². The van der Waals surface area contributed by atoms with Gasteiger partial charge in [-0.3, -0.25) is 9.69 Å². The molecule has 0 bridgehead atoms. The number of nitrogens with one attached hydrogen (secondary N) is 1. The van der Waals surface area contributed by atoms with E-state index in [4.69, 9.17) is 14.7 Å². The van der Waals surface area contributed by atoms with Crippen molar-refractivity contribution in [2.45, 2.75) is 32.9 Å².